The van der Waals surface area contributed by atoms with Crippen LogP contribution in [0.25, 0.3) is 0 Å². The lowest BCUT2D eigenvalue weighted by molar-refractivity contribution is -0.142. The molecule has 3 amide bonds. The normalized spacial score (nSPS) is 25.2. The number of halogens is 1. The van der Waals surface area contributed by atoms with E-state index in [1.54, 1.807) is 56.9 Å². The lowest BCUT2D eigenvalue weighted by Gasteiger charge is -2.37. The molecule has 0 unspecified atom stereocenters. The number of benzene rings is 1. The van der Waals surface area contributed by atoms with Crippen LogP contribution in [0.2, 0.25) is 0 Å². The van der Waals surface area contributed by atoms with Crippen LogP contribution in [0.15, 0.2) is 24.3 Å². The van der Waals surface area contributed by atoms with Crippen molar-refractivity contribution in [3.05, 3.63) is 29.8 Å². The Labute approximate surface area is 261 Å². The number of anilines is 1. The lowest BCUT2D eigenvalue weighted by atomic mass is 9.76. The summed E-state index contributed by atoms with van der Waals surface area (Å²) in [4.78, 5) is 54.0. The van der Waals surface area contributed by atoms with Crippen molar-refractivity contribution in [2.45, 2.75) is 110 Å². The quantitative estimate of drug-likeness (QED) is 0.317. The molecule has 2 N–H and O–H groups in total. The number of nitrogens with zero attached hydrogens (tertiary/aromatic N) is 1. The molecule has 1 saturated heterocycles. The van der Waals surface area contributed by atoms with E-state index in [4.69, 9.17) is 9.47 Å². The summed E-state index contributed by atoms with van der Waals surface area (Å²) in [5, 5.41) is 5.71. The Morgan fingerprint density at radius 2 is 1.61 bits per heavy atom. The van der Waals surface area contributed by atoms with Gasteiger partial charge in [-0.1, -0.05) is 32.1 Å². The molecule has 2 saturated carbocycles. The van der Waals surface area contributed by atoms with Gasteiger partial charge in [-0.05, 0) is 102 Å². The topological polar surface area (TPSA) is 114 Å². The zero-order chi connectivity index (χ0) is 31.9. The summed E-state index contributed by atoms with van der Waals surface area (Å²) in [5.41, 5.74) is 0.310. The summed E-state index contributed by atoms with van der Waals surface area (Å²) in [6.07, 6.45) is 8.23. The fourth-order valence-electron chi connectivity index (χ4n) is 7.32. The highest BCUT2D eigenvalue weighted by molar-refractivity contribution is 5.98. The summed E-state index contributed by atoms with van der Waals surface area (Å²) >= 11 is 0. The zero-order valence-corrected chi connectivity index (χ0v) is 26.7. The van der Waals surface area contributed by atoms with Crippen molar-refractivity contribution in [2.24, 2.45) is 23.7 Å². The van der Waals surface area contributed by atoms with Gasteiger partial charge in [0.25, 0.3) is 0 Å². The molecule has 0 bridgehead atoms. The van der Waals surface area contributed by atoms with E-state index in [0.29, 0.717) is 49.4 Å². The fourth-order valence-corrected chi connectivity index (χ4v) is 7.32. The minimum atomic E-state index is -0.694. The van der Waals surface area contributed by atoms with E-state index < -0.39 is 36.4 Å². The number of likely N-dealkylation sites (tertiary alicyclic amines) is 1. The molecule has 2 aliphatic carbocycles. The van der Waals surface area contributed by atoms with Crippen molar-refractivity contribution >= 4 is 29.6 Å². The summed E-state index contributed by atoms with van der Waals surface area (Å²) in [6.45, 7) is 7.18. The molecule has 1 aromatic rings. The SMILES string of the molecule is CCOC(=O)c1ccc(NC(=O)[C@@H]2[C@H](C3CCCCC3)CCN2C(=O)[C@H]2CC[C@H]([C@@H](CF)NC(=O)OC(C)(C)C)CC2)cc1. The smallest absolute Gasteiger partial charge is 0.407 e. The van der Waals surface area contributed by atoms with Gasteiger partial charge in [-0.3, -0.25) is 9.59 Å². The average Bonchev–Trinajstić information content (AvgIpc) is 3.45. The average molecular weight is 616 g/mol. The Bertz CT molecular complexity index is 1140. The number of rotatable bonds is 9. The van der Waals surface area contributed by atoms with Crippen molar-refractivity contribution in [2.75, 3.05) is 25.1 Å². The Morgan fingerprint density at radius 1 is 0.955 bits per heavy atom. The number of alkyl carbamates (subject to hydrolysis) is 1. The second kappa shape index (κ2) is 15.2. The second-order valence-corrected chi connectivity index (χ2v) is 13.6. The van der Waals surface area contributed by atoms with E-state index in [9.17, 15) is 23.6 Å². The molecule has 10 heteroatoms. The Hall–Kier alpha value is -3.17. The van der Waals surface area contributed by atoms with Crippen LogP contribution in [-0.2, 0) is 19.1 Å². The number of amides is 3. The molecule has 3 atom stereocenters. The van der Waals surface area contributed by atoms with Gasteiger partial charge in [0, 0.05) is 18.2 Å². The highest BCUT2D eigenvalue weighted by Gasteiger charge is 2.47. The maximum absolute atomic E-state index is 14.0. The van der Waals surface area contributed by atoms with E-state index in [1.165, 1.54) is 6.42 Å². The molecule has 9 nitrogen and oxygen atoms in total. The van der Waals surface area contributed by atoms with Gasteiger partial charge in [-0.2, -0.15) is 0 Å². The highest BCUT2D eigenvalue weighted by Crippen LogP contribution is 2.41. The number of carbonyl (C=O) groups is 4. The molecule has 1 aromatic carbocycles. The number of carbonyl (C=O) groups excluding carboxylic acids is 4. The van der Waals surface area contributed by atoms with E-state index in [-0.39, 0.29) is 36.2 Å². The molecule has 0 aromatic heterocycles. The Morgan fingerprint density at radius 3 is 2.20 bits per heavy atom. The third-order valence-electron chi connectivity index (χ3n) is 9.47. The van der Waals surface area contributed by atoms with Crippen molar-refractivity contribution in [3.8, 4) is 0 Å². The molecule has 1 aliphatic heterocycles. The molecule has 44 heavy (non-hydrogen) atoms. The van der Waals surface area contributed by atoms with Crippen LogP contribution < -0.4 is 10.6 Å². The first-order valence-corrected chi connectivity index (χ1v) is 16.4. The standard InChI is InChI=1S/C34H50FN3O6/c1-5-43-32(41)25-15-17-26(18-16-25)36-30(39)29-27(22-9-7-6-8-10-22)19-20-38(29)31(40)24-13-11-23(12-14-24)28(21-35)37-33(42)44-34(2,3)4/h15-18,22-24,27-29H,5-14,19-21H2,1-4H3,(H,36,39)(H,37,42)/t23-,24-,27-,28+,29-/m0/s1. The largest absolute Gasteiger partial charge is 0.462 e. The van der Waals surface area contributed by atoms with Crippen molar-refractivity contribution in [1.82, 2.24) is 10.2 Å². The van der Waals surface area contributed by atoms with Gasteiger partial charge in [0.05, 0.1) is 18.2 Å². The maximum atomic E-state index is 14.0. The third-order valence-corrected chi connectivity index (χ3v) is 9.47. The van der Waals surface area contributed by atoms with Crippen LogP contribution in [0.4, 0.5) is 14.9 Å². The van der Waals surface area contributed by atoms with Gasteiger partial charge in [0.2, 0.25) is 11.8 Å². The molecule has 0 radical (unpaired) electrons. The predicted molar refractivity (Wildman–Crippen MR) is 166 cm³/mol. The molecule has 0 spiro atoms. The molecule has 4 rings (SSSR count). The van der Waals surface area contributed by atoms with Gasteiger partial charge < -0.3 is 25.0 Å². The number of alkyl halides is 1. The molecule has 244 valence electrons. The minimum Gasteiger partial charge on any atom is -0.462 e. The van der Waals surface area contributed by atoms with E-state index in [1.807, 2.05) is 0 Å². The number of nitrogens with one attached hydrogen (secondary N) is 2. The van der Waals surface area contributed by atoms with Gasteiger partial charge in [0.1, 0.15) is 18.3 Å². The van der Waals surface area contributed by atoms with Crippen LogP contribution in [-0.4, -0.2) is 66.3 Å². The molecule has 3 aliphatic rings. The van der Waals surface area contributed by atoms with Gasteiger partial charge in [0.15, 0.2) is 0 Å². The first-order valence-electron chi connectivity index (χ1n) is 16.4. The second-order valence-electron chi connectivity index (χ2n) is 13.6. The summed E-state index contributed by atoms with van der Waals surface area (Å²) in [5.74, 6) is -0.422. The van der Waals surface area contributed by atoms with E-state index >= 15 is 0 Å². The Balaban J connectivity index is 1.42. The third kappa shape index (κ3) is 8.72. The van der Waals surface area contributed by atoms with Gasteiger partial charge in [-0.25, -0.2) is 14.0 Å². The van der Waals surface area contributed by atoms with Crippen LogP contribution in [0.5, 0.6) is 0 Å². The number of esters is 1. The maximum Gasteiger partial charge on any atom is 0.407 e. The van der Waals surface area contributed by atoms with Crippen molar-refractivity contribution in [1.29, 1.82) is 0 Å². The summed E-state index contributed by atoms with van der Waals surface area (Å²) in [7, 11) is 0. The highest BCUT2D eigenvalue weighted by atomic mass is 19.1. The molecular weight excluding hydrogens is 565 g/mol. The minimum absolute atomic E-state index is 0.00327. The van der Waals surface area contributed by atoms with Crippen LogP contribution in [0.3, 0.4) is 0 Å². The number of hydrogen-bond acceptors (Lipinski definition) is 6. The molecular formula is C34H50FN3O6. The van der Waals surface area contributed by atoms with Crippen LogP contribution in [0, 0.1) is 23.7 Å². The molecule has 1 heterocycles. The van der Waals surface area contributed by atoms with Crippen LogP contribution >= 0.6 is 0 Å². The van der Waals surface area contributed by atoms with E-state index in [0.717, 1.165) is 32.1 Å². The predicted octanol–water partition coefficient (Wildman–Crippen LogP) is 6.27. The number of hydrogen-bond donors (Lipinski definition) is 2. The van der Waals surface area contributed by atoms with Crippen molar-refractivity contribution in [3.63, 3.8) is 0 Å². The first kappa shape index (κ1) is 33.7. The zero-order valence-electron chi connectivity index (χ0n) is 26.7. The number of ether oxygens (including phenoxy) is 2. The Kier molecular flexibility index (Phi) is 11.7. The monoisotopic (exact) mass is 615 g/mol. The molecule has 3 fully saturated rings. The van der Waals surface area contributed by atoms with Gasteiger partial charge in [-0.15, -0.1) is 0 Å². The fraction of sp³-hybridized carbons (Fsp3) is 0.706. The van der Waals surface area contributed by atoms with Crippen molar-refractivity contribution < 1.29 is 33.0 Å². The lowest BCUT2D eigenvalue weighted by Crippen LogP contribution is -2.50. The van der Waals surface area contributed by atoms with Gasteiger partial charge >= 0.3 is 12.1 Å². The summed E-state index contributed by atoms with van der Waals surface area (Å²) < 4.78 is 24.3. The van der Waals surface area contributed by atoms with Crippen LogP contribution in [0.1, 0.15) is 102 Å². The van der Waals surface area contributed by atoms with E-state index in [2.05, 4.69) is 10.6 Å². The summed E-state index contributed by atoms with van der Waals surface area (Å²) in [6, 6.07) is 5.43. The first-order chi connectivity index (χ1) is 21.0.